The van der Waals surface area contributed by atoms with E-state index in [0.717, 1.165) is 33.8 Å². The summed E-state index contributed by atoms with van der Waals surface area (Å²) in [6.07, 6.45) is -7.78. The molecule has 16 nitrogen and oxygen atoms in total. The summed E-state index contributed by atoms with van der Waals surface area (Å²) in [5, 5.41) is 22.8. The number of nitro benzene ring substituents is 2. The summed E-state index contributed by atoms with van der Waals surface area (Å²) in [6, 6.07) is 1.67. The van der Waals surface area contributed by atoms with Crippen molar-refractivity contribution in [2.45, 2.75) is 65.3 Å². The maximum absolute atomic E-state index is 11.9. The maximum Gasteiger partial charge on any atom is 0.318 e. The number of non-ortho nitro benzene ring substituents is 1. The van der Waals surface area contributed by atoms with Crippen LogP contribution in [-0.4, -0.2) is 71.0 Å². The number of hydrogen-bond acceptors (Lipinski definition) is 14. The molecule has 1 aliphatic heterocycles. The topological polar surface area (TPSA) is 210 Å². The molecule has 1 aromatic rings. The molecule has 0 spiro atoms. The number of nitrogens with zero attached hydrogens (tertiary/aromatic N) is 2. The van der Waals surface area contributed by atoms with Crippen molar-refractivity contribution in [2.24, 2.45) is 0 Å². The smallest absolute Gasteiger partial charge is 0.318 e. The lowest BCUT2D eigenvalue weighted by molar-refractivity contribution is -0.395. The van der Waals surface area contributed by atoms with Crippen molar-refractivity contribution in [1.82, 2.24) is 0 Å². The Balaban J connectivity index is 2.63. The van der Waals surface area contributed by atoms with Crippen molar-refractivity contribution in [3.05, 3.63) is 37.9 Å². The SMILES string of the molecule is CC(=O)OC[C@@H]1O[C@@H](Oc2c(C)cc([N+](=O)[O-])cc2[N+](=O)[O-])[C@@H](OC(C)=O)[C@H](OC(C)=O)[C@@H]1OC(C)=O. The minimum atomic E-state index is -1.75. The number of nitro groups is 2. The van der Waals surface area contributed by atoms with Crippen molar-refractivity contribution in [1.29, 1.82) is 0 Å². The molecule has 0 aromatic heterocycles. The minimum Gasteiger partial charge on any atom is -0.463 e. The highest BCUT2D eigenvalue weighted by molar-refractivity contribution is 5.69. The highest BCUT2D eigenvalue weighted by atomic mass is 16.7. The van der Waals surface area contributed by atoms with E-state index in [4.69, 9.17) is 28.4 Å². The lowest BCUT2D eigenvalue weighted by Crippen LogP contribution is -2.63. The summed E-state index contributed by atoms with van der Waals surface area (Å²) < 4.78 is 32.1. The number of ether oxygens (including phenoxy) is 6. The minimum absolute atomic E-state index is 0.0474. The quantitative estimate of drug-likeness (QED) is 0.191. The molecular formula is C21H24N2O14. The van der Waals surface area contributed by atoms with Crippen LogP contribution in [0, 0.1) is 27.2 Å². The van der Waals surface area contributed by atoms with Crippen LogP contribution in [-0.2, 0) is 42.9 Å². The first-order valence-corrected chi connectivity index (χ1v) is 10.6. The second-order valence-electron chi connectivity index (χ2n) is 7.81. The van der Waals surface area contributed by atoms with Crippen molar-refractivity contribution in [3.63, 3.8) is 0 Å². The standard InChI is InChI=1S/C21H24N2O14/c1-9-6-14(22(28)29)7-15(23(30)31)17(9)37-21-20(35-13(5)27)19(34-12(4)26)18(33-11(3)25)16(36-21)8-32-10(2)24/h6-7,16,18-21H,8H2,1-5H3/t16-,18+,19+,20-,21-/m0/s1. The van der Waals surface area contributed by atoms with Crippen LogP contribution in [0.3, 0.4) is 0 Å². The van der Waals surface area contributed by atoms with Gasteiger partial charge in [-0.2, -0.15) is 0 Å². The molecule has 1 aliphatic rings. The molecule has 1 aromatic carbocycles. The first kappa shape index (κ1) is 28.9. The average Bonchev–Trinajstić information content (AvgIpc) is 2.76. The lowest BCUT2D eigenvalue weighted by Gasteiger charge is -2.43. The van der Waals surface area contributed by atoms with Gasteiger partial charge in [0.2, 0.25) is 18.1 Å². The fourth-order valence-electron chi connectivity index (χ4n) is 3.53. The van der Waals surface area contributed by atoms with E-state index in [2.05, 4.69) is 0 Å². The van der Waals surface area contributed by atoms with E-state index >= 15 is 0 Å². The van der Waals surface area contributed by atoms with Crippen molar-refractivity contribution < 1.29 is 57.4 Å². The molecule has 1 saturated heterocycles. The Morgan fingerprint density at radius 2 is 1.38 bits per heavy atom. The molecule has 0 N–H and O–H groups in total. The van der Waals surface area contributed by atoms with Crippen LogP contribution in [0.5, 0.6) is 5.75 Å². The zero-order chi connectivity index (χ0) is 28.0. The third kappa shape index (κ3) is 7.57. The number of rotatable bonds is 9. The van der Waals surface area contributed by atoms with Crippen LogP contribution in [0.4, 0.5) is 11.4 Å². The van der Waals surface area contributed by atoms with Crippen molar-refractivity contribution in [2.75, 3.05) is 6.61 Å². The van der Waals surface area contributed by atoms with Crippen LogP contribution in [0.25, 0.3) is 0 Å². The molecule has 1 fully saturated rings. The van der Waals surface area contributed by atoms with Crippen LogP contribution in [0.1, 0.15) is 33.3 Å². The summed E-state index contributed by atoms with van der Waals surface area (Å²) >= 11 is 0. The third-order valence-corrected chi connectivity index (χ3v) is 4.83. The van der Waals surface area contributed by atoms with Crippen LogP contribution >= 0.6 is 0 Å². The monoisotopic (exact) mass is 528 g/mol. The Morgan fingerprint density at radius 3 is 1.86 bits per heavy atom. The normalized spacial score (nSPS) is 22.8. The zero-order valence-corrected chi connectivity index (χ0v) is 20.4. The van der Waals surface area contributed by atoms with Crippen molar-refractivity contribution in [3.8, 4) is 5.75 Å². The van der Waals surface area contributed by atoms with E-state index in [1.807, 2.05) is 0 Å². The molecule has 5 atom stereocenters. The van der Waals surface area contributed by atoms with E-state index in [9.17, 15) is 39.4 Å². The molecule has 0 unspecified atom stereocenters. The molecule has 37 heavy (non-hydrogen) atoms. The molecular weight excluding hydrogens is 504 g/mol. The zero-order valence-electron chi connectivity index (χ0n) is 20.4. The van der Waals surface area contributed by atoms with Crippen LogP contribution in [0.2, 0.25) is 0 Å². The number of carbonyl (C=O) groups is 4. The Bertz CT molecular complexity index is 1100. The van der Waals surface area contributed by atoms with Gasteiger partial charge in [-0.25, -0.2) is 0 Å². The second kappa shape index (κ2) is 12.1. The van der Waals surface area contributed by atoms with Gasteiger partial charge >= 0.3 is 29.6 Å². The Morgan fingerprint density at radius 1 is 0.838 bits per heavy atom. The molecule has 0 amide bonds. The Kier molecular flexibility index (Phi) is 9.42. The second-order valence-corrected chi connectivity index (χ2v) is 7.81. The van der Waals surface area contributed by atoms with E-state index in [-0.39, 0.29) is 5.56 Å². The van der Waals surface area contributed by atoms with E-state index in [0.29, 0.717) is 6.07 Å². The first-order valence-electron chi connectivity index (χ1n) is 10.6. The predicted molar refractivity (Wildman–Crippen MR) is 117 cm³/mol. The molecule has 2 rings (SSSR count). The highest BCUT2D eigenvalue weighted by Gasteiger charge is 2.53. The molecule has 0 saturated carbocycles. The molecule has 1 heterocycles. The number of esters is 4. The first-order chi connectivity index (χ1) is 17.2. The van der Waals surface area contributed by atoms with Crippen LogP contribution < -0.4 is 4.74 Å². The van der Waals surface area contributed by atoms with Gasteiger partial charge < -0.3 is 28.4 Å². The summed E-state index contributed by atoms with van der Waals surface area (Å²) in [7, 11) is 0. The number of carbonyl (C=O) groups excluding carboxylic acids is 4. The molecule has 0 radical (unpaired) electrons. The van der Waals surface area contributed by atoms with Gasteiger partial charge in [0.25, 0.3) is 5.69 Å². The lowest BCUT2D eigenvalue weighted by atomic mass is 9.98. The molecule has 0 aliphatic carbocycles. The van der Waals surface area contributed by atoms with Gasteiger partial charge in [0.15, 0.2) is 12.2 Å². The predicted octanol–water partition coefficient (Wildman–Crippen LogP) is 1.27. The van der Waals surface area contributed by atoms with Crippen molar-refractivity contribution >= 4 is 35.3 Å². The largest absolute Gasteiger partial charge is 0.463 e. The van der Waals surface area contributed by atoms with Crippen LogP contribution in [0.15, 0.2) is 12.1 Å². The molecule has 16 heteroatoms. The fourth-order valence-corrected chi connectivity index (χ4v) is 3.53. The van der Waals surface area contributed by atoms with E-state index < -0.39 is 88.2 Å². The average molecular weight is 528 g/mol. The van der Waals surface area contributed by atoms with Gasteiger partial charge in [-0.15, -0.1) is 0 Å². The molecule has 0 bridgehead atoms. The summed E-state index contributed by atoms with van der Waals surface area (Å²) in [5.74, 6) is -3.86. The van der Waals surface area contributed by atoms with Gasteiger partial charge in [-0.1, -0.05) is 0 Å². The number of benzene rings is 1. The van der Waals surface area contributed by atoms with E-state index in [1.165, 1.54) is 6.92 Å². The summed E-state index contributed by atoms with van der Waals surface area (Å²) in [5.41, 5.74) is -1.44. The number of aryl methyl sites for hydroxylation is 1. The van der Waals surface area contributed by atoms with Gasteiger partial charge in [0.05, 0.1) is 15.9 Å². The number of hydrogen-bond donors (Lipinski definition) is 0. The van der Waals surface area contributed by atoms with Gasteiger partial charge in [0.1, 0.15) is 12.7 Å². The molecule has 202 valence electrons. The Hall–Kier alpha value is -4.34. The van der Waals surface area contributed by atoms with Gasteiger partial charge in [-0.05, 0) is 6.92 Å². The summed E-state index contributed by atoms with van der Waals surface area (Å²) in [4.78, 5) is 68.0. The van der Waals surface area contributed by atoms with E-state index in [1.54, 1.807) is 0 Å². The maximum atomic E-state index is 11.9. The van der Waals surface area contributed by atoms with Gasteiger partial charge in [0, 0.05) is 39.3 Å². The van der Waals surface area contributed by atoms with Gasteiger partial charge in [-0.3, -0.25) is 39.4 Å². The highest BCUT2D eigenvalue weighted by Crippen LogP contribution is 2.38. The summed E-state index contributed by atoms with van der Waals surface area (Å²) in [6.45, 7) is 4.91. The third-order valence-electron chi connectivity index (χ3n) is 4.83. The fraction of sp³-hybridized carbons (Fsp3) is 0.524. The Labute approximate surface area is 209 Å².